The summed E-state index contributed by atoms with van der Waals surface area (Å²) in [6, 6.07) is 0. The van der Waals surface area contributed by atoms with E-state index in [0.29, 0.717) is 11.8 Å². The Labute approximate surface area is 136 Å². The van der Waals surface area contributed by atoms with Gasteiger partial charge in [0.05, 0.1) is 5.92 Å². The van der Waals surface area contributed by atoms with Crippen LogP contribution in [0.3, 0.4) is 0 Å². The van der Waals surface area contributed by atoms with Crippen LogP contribution in [0.15, 0.2) is 24.3 Å². The molecule has 1 unspecified atom stereocenters. The molecule has 3 aliphatic carbocycles. The molecule has 1 aromatic heterocycles. The number of carboxylic acids is 1. The zero-order chi connectivity index (χ0) is 16.0. The van der Waals surface area contributed by atoms with Gasteiger partial charge in [0.15, 0.2) is 5.82 Å². The van der Waals surface area contributed by atoms with Crippen molar-refractivity contribution in [2.45, 2.75) is 51.5 Å². The summed E-state index contributed by atoms with van der Waals surface area (Å²) in [5.41, 5.74) is -0.106. The molecule has 0 saturated heterocycles. The minimum absolute atomic E-state index is 0.106. The number of hydrogen-bond donors (Lipinski definition) is 1. The second-order valence-corrected chi connectivity index (χ2v) is 7.25. The topological polar surface area (TPSA) is 68.0 Å². The summed E-state index contributed by atoms with van der Waals surface area (Å²) in [4.78, 5) is 16.1. The highest BCUT2D eigenvalue weighted by atomic mass is 16.4. The van der Waals surface area contributed by atoms with Crippen LogP contribution < -0.4 is 0 Å². The van der Waals surface area contributed by atoms with Crippen molar-refractivity contribution in [2.24, 2.45) is 17.3 Å². The SMILES string of the molecule is Cc1nc(C2CC2)nn1CC[C@@]1(C2C=CC=CC2)C[C@H]1C(=O)O. The highest BCUT2D eigenvalue weighted by molar-refractivity contribution is 5.75. The fourth-order valence-electron chi connectivity index (χ4n) is 4.01. The van der Waals surface area contributed by atoms with Gasteiger partial charge < -0.3 is 5.11 Å². The van der Waals surface area contributed by atoms with Gasteiger partial charge >= 0.3 is 5.97 Å². The highest BCUT2D eigenvalue weighted by Crippen LogP contribution is 2.62. The number of nitrogens with zero attached hydrogens (tertiary/aromatic N) is 3. The molecule has 3 atom stereocenters. The van der Waals surface area contributed by atoms with Crippen molar-refractivity contribution < 1.29 is 9.90 Å². The first kappa shape index (κ1) is 14.7. The molecule has 5 nitrogen and oxygen atoms in total. The number of aryl methyl sites for hydroxylation is 2. The summed E-state index contributed by atoms with van der Waals surface area (Å²) in [6.45, 7) is 2.76. The molecule has 5 heteroatoms. The number of allylic oxidation sites excluding steroid dienone is 4. The van der Waals surface area contributed by atoms with Gasteiger partial charge in [0.2, 0.25) is 0 Å². The van der Waals surface area contributed by atoms with Gasteiger partial charge in [-0.15, -0.1) is 0 Å². The van der Waals surface area contributed by atoms with E-state index in [2.05, 4.69) is 28.3 Å². The molecule has 0 amide bonds. The van der Waals surface area contributed by atoms with Crippen molar-refractivity contribution in [3.63, 3.8) is 0 Å². The highest BCUT2D eigenvalue weighted by Gasteiger charge is 2.61. The van der Waals surface area contributed by atoms with Crippen LogP contribution in [-0.2, 0) is 11.3 Å². The molecule has 0 radical (unpaired) electrons. The average molecular weight is 313 g/mol. The van der Waals surface area contributed by atoms with Crippen molar-refractivity contribution in [2.75, 3.05) is 0 Å². The quantitative estimate of drug-likeness (QED) is 0.876. The monoisotopic (exact) mass is 313 g/mol. The fourth-order valence-corrected chi connectivity index (χ4v) is 4.01. The Morgan fingerprint density at radius 2 is 2.26 bits per heavy atom. The van der Waals surface area contributed by atoms with Gasteiger partial charge in [-0.2, -0.15) is 5.10 Å². The third-order valence-electron chi connectivity index (χ3n) is 5.74. The summed E-state index contributed by atoms with van der Waals surface area (Å²) >= 11 is 0. The molecule has 0 bridgehead atoms. The van der Waals surface area contributed by atoms with Crippen molar-refractivity contribution in [3.8, 4) is 0 Å². The first-order chi connectivity index (χ1) is 11.1. The summed E-state index contributed by atoms with van der Waals surface area (Å²) in [6.07, 6.45) is 13.4. The van der Waals surface area contributed by atoms with Crippen LogP contribution in [0.1, 0.15) is 49.7 Å². The molecule has 0 spiro atoms. The Kier molecular flexibility index (Phi) is 3.39. The number of rotatable bonds is 6. The van der Waals surface area contributed by atoms with E-state index in [1.807, 2.05) is 17.7 Å². The summed E-state index contributed by atoms with van der Waals surface area (Å²) < 4.78 is 1.98. The predicted molar refractivity (Wildman–Crippen MR) is 85.9 cm³/mol. The Morgan fingerprint density at radius 3 is 2.87 bits per heavy atom. The molecule has 4 rings (SSSR count). The minimum Gasteiger partial charge on any atom is -0.481 e. The molecule has 0 aromatic carbocycles. The van der Waals surface area contributed by atoms with Crippen LogP contribution in [0, 0.1) is 24.2 Å². The normalized spacial score (nSPS) is 32.2. The van der Waals surface area contributed by atoms with Gasteiger partial charge in [0.1, 0.15) is 5.82 Å². The van der Waals surface area contributed by atoms with E-state index in [0.717, 1.165) is 37.5 Å². The zero-order valence-electron chi connectivity index (χ0n) is 13.5. The maximum Gasteiger partial charge on any atom is 0.307 e. The third-order valence-corrected chi connectivity index (χ3v) is 5.74. The van der Waals surface area contributed by atoms with Gasteiger partial charge in [0, 0.05) is 12.5 Å². The fraction of sp³-hybridized carbons (Fsp3) is 0.611. The smallest absolute Gasteiger partial charge is 0.307 e. The second-order valence-electron chi connectivity index (χ2n) is 7.25. The Hall–Kier alpha value is -1.91. The van der Waals surface area contributed by atoms with E-state index < -0.39 is 5.97 Å². The van der Waals surface area contributed by atoms with Crippen molar-refractivity contribution in [1.29, 1.82) is 0 Å². The molecule has 0 aliphatic heterocycles. The van der Waals surface area contributed by atoms with Crippen molar-refractivity contribution in [3.05, 3.63) is 36.0 Å². The molecule has 23 heavy (non-hydrogen) atoms. The van der Waals surface area contributed by atoms with E-state index in [-0.39, 0.29) is 11.3 Å². The van der Waals surface area contributed by atoms with Crippen LogP contribution in [0.5, 0.6) is 0 Å². The van der Waals surface area contributed by atoms with Crippen molar-refractivity contribution in [1.82, 2.24) is 14.8 Å². The van der Waals surface area contributed by atoms with Crippen LogP contribution in [0.4, 0.5) is 0 Å². The summed E-state index contributed by atoms with van der Waals surface area (Å²) in [5.74, 6) is 1.96. The van der Waals surface area contributed by atoms with Gasteiger partial charge in [-0.05, 0) is 50.4 Å². The maximum absolute atomic E-state index is 11.5. The lowest BCUT2D eigenvalue weighted by Gasteiger charge is -2.26. The van der Waals surface area contributed by atoms with Crippen LogP contribution in [-0.4, -0.2) is 25.8 Å². The van der Waals surface area contributed by atoms with Crippen LogP contribution >= 0.6 is 0 Å². The van der Waals surface area contributed by atoms with Gasteiger partial charge in [-0.1, -0.05) is 24.3 Å². The lowest BCUT2D eigenvalue weighted by molar-refractivity contribution is -0.139. The lowest BCUT2D eigenvalue weighted by atomic mass is 9.80. The third kappa shape index (κ3) is 2.62. The number of carbonyl (C=O) groups is 1. The first-order valence-corrected chi connectivity index (χ1v) is 8.57. The molecule has 2 saturated carbocycles. The lowest BCUT2D eigenvalue weighted by Crippen LogP contribution is -2.23. The minimum atomic E-state index is -0.651. The molecule has 1 N–H and O–H groups in total. The molecule has 3 aliphatic rings. The standard InChI is InChI=1S/C18H23N3O2/c1-12-19-16(13-7-8-13)20-21(12)10-9-18(11-15(18)17(22)23)14-5-3-2-4-6-14/h2-5,13-15H,6-11H2,1H3,(H,22,23)/t14?,15-,18-/m0/s1. The van der Waals surface area contributed by atoms with E-state index >= 15 is 0 Å². The molecule has 2 fully saturated rings. The second kappa shape index (κ2) is 5.32. The number of aromatic nitrogens is 3. The molecular weight excluding hydrogens is 290 g/mol. The number of aliphatic carboxylic acids is 1. The van der Waals surface area contributed by atoms with Gasteiger partial charge in [-0.3, -0.25) is 9.48 Å². The largest absolute Gasteiger partial charge is 0.481 e. The maximum atomic E-state index is 11.5. The van der Waals surface area contributed by atoms with Crippen LogP contribution in [0.25, 0.3) is 0 Å². The van der Waals surface area contributed by atoms with E-state index in [1.54, 1.807) is 0 Å². The first-order valence-electron chi connectivity index (χ1n) is 8.57. The predicted octanol–water partition coefficient (Wildman–Crippen LogP) is 3.08. The van der Waals surface area contributed by atoms with Gasteiger partial charge in [-0.25, -0.2) is 4.98 Å². The van der Waals surface area contributed by atoms with E-state index in [1.165, 1.54) is 12.8 Å². The Balaban J connectivity index is 1.49. The average Bonchev–Trinajstić information content (AvgIpc) is 3.45. The van der Waals surface area contributed by atoms with E-state index in [4.69, 9.17) is 0 Å². The Bertz CT molecular complexity index is 686. The van der Waals surface area contributed by atoms with Crippen LogP contribution in [0.2, 0.25) is 0 Å². The molecule has 1 heterocycles. The number of hydrogen-bond acceptors (Lipinski definition) is 3. The molecule has 1 aromatic rings. The summed E-state index contributed by atoms with van der Waals surface area (Å²) in [7, 11) is 0. The van der Waals surface area contributed by atoms with Crippen molar-refractivity contribution >= 4 is 5.97 Å². The molecule has 122 valence electrons. The summed E-state index contributed by atoms with van der Waals surface area (Å²) in [5, 5.41) is 14.1. The molecular formula is C18H23N3O2. The van der Waals surface area contributed by atoms with E-state index in [9.17, 15) is 9.90 Å². The van der Waals surface area contributed by atoms with Gasteiger partial charge in [0.25, 0.3) is 0 Å². The number of carboxylic acid groups (broad SMARTS) is 1. The zero-order valence-corrected chi connectivity index (χ0v) is 13.5. The Morgan fingerprint density at radius 1 is 1.43 bits per heavy atom.